The van der Waals surface area contributed by atoms with Gasteiger partial charge in [0.1, 0.15) is 17.1 Å². The van der Waals surface area contributed by atoms with Crippen LogP contribution < -0.4 is 4.43 Å². The van der Waals surface area contributed by atoms with Gasteiger partial charge in [0.2, 0.25) is 0 Å². The van der Waals surface area contributed by atoms with E-state index in [4.69, 9.17) is 4.43 Å². The number of aromatic nitrogens is 2. The van der Waals surface area contributed by atoms with Crippen LogP contribution in [0.2, 0.25) is 13.1 Å². The Morgan fingerprint density at radius 3 is 2.60 bits per heavy atom. The molecule has 1 radical (unpaired) electrons. The predicted molar refractivity (Wildman–Crippen MR) is 84.4 cm³/mol. The lowest BCUT2D eigenvalue weighted by Gasteiger charge is -2.11. The smallest absolute Gasteiger partial charge is 0.274 e. The molecule has 0 saturated heterocycles. The quantitative estimate of drug-likeness (QED) is 0.637. The van der Waals surface area contributed by atoms with Crippen LogP contribution in [0.15, 0.2) is 35.6 Å². The van der Waals surface area contributed by atoms with Gasteiger partial charge >= 0.3 is 0 Å². The van der Waals surface area contributed by atoms with Crippen LogP contribution in [0.25, 0.3) is 0 Å². The van der Waals surface area contributed by atoms with E-state index in [2.05, 4.69) is 23.1 Å². The van der Waals surface area contributed by atoms with E-state index >= 15 is 0 Å². The molecule has 2 rings (SSSR count). The second-order valence-corrected chi connectivity index (χ2v) is 6.99. The molecule has 0 amide bonds. The summed E-state index contributed by atoms with van der Waals surface area (Å²) in [6, 6.07) is 7.89. The number of hydrogen-bond donors (Lipinski definition) is 0. The molecule has 1 aromatic carbocycles. The second-order valence-electron chi connectivity index (χ2n) is 4.96. The van der Waals surface area contributed by atoms with E-state index in [-0.39, 0.29) is 0 Å². The molecular weight excluding hydrogens is 266 g/mol. The number of benzene rings is 1. The number of rotatable bonds is 4. The van der Waals surface area contributed by atoms with Crippen LogP contribution in [-0.4, -0.2) is 24.3 Å². The standard InChI is InChI=1S/C15H20N3OSi/c1-11(15-12(2)18(3)10-16-15)17-13-8-6-7-9-14(13)19-20(4)5/h6-10H,1-5H3. The minimum Gasteiger partial charge on any atom is -0.541 e. The third kappa shape index (κ3) is 3.16. The van der Waals surface area contributed by atoms with Gasteiger partial charge in [-0.1, -0.05) is 12.1 Å². The number of hydrogen-bond acceptors (Lipinski definition) is 3. The highest BCUT2D eigenvalue weighted by molar-refractivity contribution is 6.49. The number of aryl methyl sites for hydroxylation is 1. The SMILES string of the molecule is CC(=Nc1ccccc1O[Si](C)C)c1ncn(C)c1C. The maximum Gasteiger partial charge on any atom is 0.274 e. The van der Waals surface area contributed by atoms with E-state index in [0.717, 1.165) is 28.5 Å². The zero-order valence-corrected chi connectivity index (χ0v) is 13.6. The molecule has 0 atom stereocenters. The predicted octanol–water partition coefficient (Wildman–Crippen LogP) is 3.50. The summed E-state index contributed by atoms with van der Waals surface area (Å²) in [7, 11) is 1.18. The van der Waals surface area contributed by atoms with E-state index < -0.39 is 9.04 Å². The van der Waals surface area contributed by atoms with Gasteiger partial charge in [0.25, 0.3) is 9.04 Å². The summed E-state index contributed by atoms with van der Waals surface area (Å²) in [5.74, 6) is 0.847. The Kier molecular flexibility index (Phi) is 4.39. The van der Waals surface area contributed by atoms with Gasteiger partial charge in [-0.25, -0.2) is 9.98 Å². The molecule has 0 spiro atoms. The van der Waals surface area contributed by atoms with Gasteiger partial charge in [0, 0.05) is 12.7 Å². The van der Waals surface area contributed by atoms with Gasteiger partial charge in [0.15, 0.2) is 0 Å². The van der Waals surface area contributed by atoms with Crippen molar-refractivity contribution in [2.75, 3.05) is 0 Å². The highest BCUT2D eigenvalue weighted by Crippen LogP contribution is 2.28. The summed E-state index contributed by atoms with van der Waals surface area (Å²) in [5, 5.41) is 0. The van der Waals surface area contributed by atoms with Crippen molar-refractivity contribution in [2.45, 2.75) is 26.9 Å². The molecule has 0 bridgehead atoms. The molecule has 0 unspecified atom stereocenters. The Morgan fingerprint density at radius 1 is 1.30 bits per heavy atom. The first kappa shape index (κ1) is 14.5. The highest BCUT2D eigenvalue weighted by Gasteiger charge is 2.10. The topological polar surface area (TPSA) is 39.4 Å². The zero-order chi connectivity index (χ0) is 14.7. The summed E-state index contributed by atoms with van der Waals surface area (Å²) in [6.45, 7) is 8.25. The lowest BCUT2D eigenvalue weighted by atomic mass is 10.2. The average Bonchev–Trinajstić information content (AvgIpc) is 2.72. The maximum atomic E-state index is 5.89. The molecule has 0 N–H and O–H groups in total. The minimum absolute atomic E-state index is 0.801. The molecule has 0 fully saturated rings. The monoisotopic (exact) mass is 286 g/mol. The summed E-state index contributed by atoms with van der Waals surface area (Å²) in [5.41, 5.74) is 3.81. The van der Waals surface area contributed by atoms with Crippen LogP contribution in [0.3, 0.4) is 0 Å². The molecule has 0 aliphatic carbocycles. The summed E-state index contributed by atoms with van der Waals surface area (Å²) in [6.07, 6.45) is 1.81. The van der Waals surface area contributed by atoms with Crippen molar-refractivity contribution >= 4 is 20.4 Å². The van der Waals surface area contributed by atoms with E-state index in [1.807, 2.05) is 56.1 Å². The Morgan fingerprint density at radius 2 is 2.00 bits per heavy atom. The fourth-order valence-corrected chi connectivity index (χ4v) is 2.55. The fraction of sp³-hybridized carbons (Fsp3) is 0.333. The van der Waals surface area contributed by atoms with Crippen molar-refractivity contribution in [3.63, 3.8) is 0 Å². The third-order valence-corrected chi connectivity index (χ3v) is 3.67. The minimum atomic E-state index is -0.801. The lowest BCUT2D eigenvalue weighted by Crippen LogP contribution is -2.11. The van der Waals surface area contributed by atoms with Gasteiger partial charge < -0.3 is 8.99 Å². The third-order valence-electron chi connectivity index (χ3n) is 3.04. The maximum absolute atomic E-state index is 5.89. The molecule has 0 aliphatic heterocycles. The van der Waals surface area contributed by atoms with E-state index in [1.165, 1.54) is 0 Å². The molecule has 20 heavy (non-hydrogen) atoms. The van der Waals surface area contributed by atoms with Gasteiger partial charge in [-0.2, -0.15) is 0 Å². The van der Waals surface area contributed by atoms with Crippen molar-refractivity contribution in [1.82, 2.24) is 9.55 Å². The first-order chi connectivity index (χ1) is 9.49. The first-order valence-electron chi connectivity index (χ1n) is 6.59. The van der Waals surface area contributed by atoms with Crippen LogP contribution in [0.5, 0.6) is 5.75 Å². The van der Waals surface area contributed by atoms with Gasteiger partial charge in [-0.15, -0.1) is 0 Å². The van der Waals surface area contributed by atoms with Gasteiger partial charge in [-0.05, 0) is 39.1 Å². The van der Waals surface area contributed by atoms with Crippen molar-refractivity contribution < 1.29 is 4.43 Å². The normalized spacial score (nSPS) is 12.0. The van der Waals surface area contributed by atoms with E-state index in [1.54, 1.807) is 0 Å². The number of nitrogens with zero attached hydrogens (tertiary/aromatic N) is 3. The average molecular weight is 286 g/mol. The zero-order valence-electron chi connectivity index (χ0n) is 12.6. The molecule has 105 valence electrons. The largest absolute Gasteiger partial charge is 0.541 e. The van der Waals surface area contributed by atoms with Crippen molar-refractivity contribution in [3.8, 4) is 5.75 Å². The van der Waals surface area contributed by atoms with Crippen molar-refractivity contribution in [2.24, 2.45) is 12.0 Å². The fourth-order valence-electron chi connectivity index (χ4n) is 1.94. The molecular formula is C15H20N3OSi. The van der Waals surface area contributed by atoms with Crippen LogP contribution in [-0.2, 0) is 7.05 Å². The van der Waals surface area contributed by atoms with E-state index in [0.29, 0.717) is 0 Å². The second kappa shape index (κ2) is 6.05. The summed E-state index contributed by atoms with van der Waals surface area (Å²) in [4.78, 5) is 9.09. The molecule has 2 aromatic rings. The van der Waals surface area contributed by atoms with E-state index in [9.17, 15) is 0 Å². The van der Waals surface area contributed by atoms with Crippen LogP contribution in [0.4, 0.5) is 5.69 Å². The number of aliphatic imine (C=N–C) groups is 1. The molecule has 1 heterocycles. The Hall–Kier alpha value is -1.88. The van der Waals surface area contributed by atoms with Crippen molar-refractivity contribution in [1.29, 1.82) is 0 Å². The summed E-state index contributed by atoms with van der Waals surface area (Å²) >= 11 is 0. The molecule has 4 nitrogen and oxygen atoms in total. The first-order valence-corrected chi connectivity index (χ1v) is 9.00. The van der Waals surface area contributed by atoms with Crippen LogP contribution in [0, 0.1) is 6.92 Å². The lowest BCUT2D eigenvalue weighted by molar-refractivity contribution is 0.582. The van der Waals surface area contributed by atoms with Crippen LogP contribution >= 0.6 is 0 Å². The Balaban J connectivity index is 2.37. The van der Waals surface area contributed by atoms with Crippen LogP contribution in [0.1, 0.15) is 18.3 Å². The molecule has 0 saturated carbocycles. The Labute approximate surface area is 121 Å². The van der Waals surface area contributed by atoms with Gasteiger partial charge in [0.05, 0.1) is 12.0 Å². The number of para-hydroxylation sites is 2. The molecule has 1 aromatic heterocycles. The molecule has 0 aliphatic rings. The van der Waals surface area contributed by atoms with Crippen molar-refractivity contribution in [3.05, 3.63) is 42.0 Å². The van der Waals surface area contributed by atoms with Gasteiger partial charge in [-0.3, -0.25) is 0 Å². The highest BCUT2D eigenvalue weighted by atomic mass is 28.3. The molecule has 5 heteroatoms. The Bertz CT molecular complexity index is 632. The summed E-state index contributed by atoms with van der Waals surface area (Å²) < 4.78 is 7.88. The number of imidazole rings is 1.